The lowest BCUT2D eigenvalue weighted by molar-refractivity contribution is 0.112. The molecule has 1 aromatic heterocycles. The van der Waals surface area contributed by atoms with Gasteiger partial charge in [-0.3, -0.25) is 9.48 Å². The maximum atomic E-state index is 10.3. The van der Waals surface area contributed by atoms with E-state index in [1.165, 1.54) is 10.9 Å². The van der Waals surface area contributed by atoms with Gasteiger partial charge in [0.2, 0.25) is 0 Å². The van der Waals surface area contributed by atoms with Crippen LogP contribution in [0.1, 0.15) is 10.4 Å². The minimum absolute atomic E-state index is 0.470. The number of hydrogen-bond acceptors (Lipinski definition) is 3. The Labute approximate surface area is 58.2 Å². The van der Waals surface area contributed by atoms with Crippen LogP contribution >= 0.6 is 0 Å². The summed E-state index contributed by atoms with van der Waals surface area (Å²) in [7, 11) is 1.71. The second kappa shape index (κ2) is 2.43. The molecule has 0 radical (unpaired) electrons. The lowest BCUT2D eigenvalue weighted by Crippen LogP contribution is -1.88. The van der Waals surface area contributed by atoms with Crippen molar-refractivity contribution in [2.45, 2.75) is 0 Å². The first kappa shape index (κ1) is 6.67. The van der Waals surface area contributed by atoms with Crippen molar-refractivity contribution in [3.05, 3.63) is 11.8 Å². The molecule has 0 aliphatic heterocycles. The Bertz CT molecular complexity index is 264. The van der Waals surface area contributed by atoms with Crippen LogP contribution in [0.2, 0.25) is 0 Å². The SMILES string of the molecule is C=Nc1c(C=O)cnn1C. The maximum Gasteiger partial charge on any atom is 0.160 e. The molecule has 0 saturated heterocycles. The van der Waals surface area contributed by atoms with Crippen LogP contribution in [0.15, 0.2) is 11.2 Å². The van der Waals surface area contributed by atoms with Gasteiger partial charge < -0.3 is 0 Å². The number of carbonyl (C=O) groups excluding carboxylic acids is 1. The highest BCUT2D eigenvalue weighted by atomic mass is 16.1. The molecule has 4 nitrogen and oxygen atoms in total. The number of aliphatic imine (C=N–C) groups is 1. The van der Waals surface area contributed by atoms with E-state index in [1.807, 2.05) is 0 Å². The Balaban J connectivity index is 3.25. The van der Waals surface area contributed by atoms with Crippen LogP contribution in [0.25, 0.3) is 0 Å². The average Bonchev–Trinajstić information content (AvgIpc) is 2.30. The highest BCUT2D eigenvalue weighted by molar-refractivity contribution is 5.81. The Morgan fingerprint density at radius 3 is 3.00 bits per heavy atom. The maximum absolute atomic E-state index is 10.3. The topological polar surface area (TPSA) is 47.2 Å². The standard InChI is InChI=1S/C6H7N3O/c1-7-6-5(4-10)3-8-9(6)2/h3-4H,1H2,2H3. The van der Waals surface area contributed by atoms with Crippen molar-refractivity contribution in [3.8, 4) is 0 Å². The molecule has 0 amide bonds. The van der Waals surface area contributed by atoms with E-state index >= 15 is 0 Å². The Kier molecular flexibility index (Phi) is 1.62. The monoisotopic (exact) mass is 137 g/mol. The number of carbonyl (C=O) groups is 1. The van der Waals surface area contributed by atoms with Crippen LogP contribution in [0.4, 0.5) is 5.82 Å². The lowest BCUT2D eigenvalue weighted by Gasteiger charge is -1.91. The quantitative estimate of drug-likeness (QED) is 0.441. The zero-order chi connectivity index (χ0) is 7.56. The molecule has 1 aromatic rings. The second-order valence-corrected chi connectivity index (χ2v) is 1.82. The molecule has 4 heteroatoms. The second-order valence-electron chi connectivity index (χ2n) is 1.82. The molecule has 0 saturated carbocycles. The molecule has 0 aliphatic carbocycles. The Hall–Kier alpha value is -1.45. The molecule has 0 aliphatic rings. The first-order chi connectivity index (χ1) is 4.79. The molecule has 0 unspecified atom stereocenters. The molecule has 0 N–H and O–H groups in total. The van der Waals surface area contributed by atoms with E-state index in [4.69, 9.17) is 0 Å². The van der Waals surface area contributed by atoms with E-state index in [0.717, 1.165) is 0 Å². The molecule has 0 fully saturated rings. The van der Waals surface area contributed by atoms with Crippen LogP contribution in [0, 0.1) is 0 Å². The van der Waals surface area contributed by atoms with Gasteiger partial charge in [0.25, 0.3) is 0 Å². The number of aldehydes is 1. The third kappa shape index (κ3) is 0.834. The predicted octanol–water partition coefficient (Wildman–Crippen LogP) is 0.565. The van der Waals surface area contributed by atoms with Crippen LogP contribution in [-0.4, -0.2) is 22.8 Å². The summed E-state index contributed by atoms with van der Waals surface area (Å²) in [5, 5.41) is 3.81. The molecule has 0 atom stereocenters. The summed E-state index contributed by atoms with van der Waals surface area (Å²) in [6.45, 7) is 3.30. The Morgan fingerprint density at radius 2 is 2.60 bits per heavy atom. The third-order valence-electron chi connectivity index (χ3n) is 1.21. The van der Waals surface area contributed by atoms with Gasteiger partial charge in [0, 0.05) is 7.05 Å². The lowest BCUT2D eigenvalue weighted by atomic mass is 10.4. The largest absolute Gasteiger partial charge is 0.298 e. The molecule has 0 aromatic carbocycles. The van der Waals surface area contributed by atoms with E-state index in [9.17, 15) is 4.79 Å². The van der Waals surface area contributed by atoms with Crippen molar-refractivity contribution in [1.29, 1.82) is 0 Å². The zero-order valence-corrected chi connectivity index (χ0v) is 5.61. The summed E-state index contributed by atoms with van der Waals surface area (Å²) in [5.41, 5.74) is 0.470. The van der Waals surface area contributed by atoms with Gasteiger partial charge in [-0.2, -0.15) is 5.10 Å². The molecule has 10 heavy (non-hydrogen) atoms. The fraction of sp³-hybridized carbons (Fsp3) is 0.167. The number of aryl methyl sites for hydroxylation is 1. The fourth-order valence-electron chi connectivity index (χ4n) is 0.725. The van der Waals surface area contributed by atoms with E-state index < -0.39 is 0 Å². The van der Waals surface area contributed by atoms with E-state index in [1.54, 1.807) is 7.05 Å². The minimum atomic E-state index is 0.470. The zero-order valence-electron chi connectivity index (χ0n) is 5.61. The van der Waals surface area contributed by atoms with Gasteiger partial charge in [-0.25, -0.2) is 4.99 Å². The molecule has 1 heterocycles. The van der Waals surface area contributed by atoms with Crippen LogP contribution in [-0.2, 0) is 7.05 Å². The van der Waals surface area contributed by atoms with Crippen LogP contribution in [0.5, 0.6) is 0 Å². The van der Waals surface area contributed by atoms with Gasteiger partial charge in [0.05, 0.1) is 11.8 Å². The van der Waals surface area contributed by atoms with Gasteiger partial charge >= 0.3 is 0 Å². The van der Waals surface area contributed by atoms with Crippen molar-refractivity contribution < 1.29 is 4.79 Å². The summed E-state index contributed by atoms with van der Waals surface area (Å²) >= 11 is 0. The number of hydrogen-bond donors (Lipinski definition) is 0. The number of aromatic nitrogens is 2. The fourth-order valence-corrected chi connectivity index (χ4v) is 0.725. The van der Waals surface area contributed by atoms with Gasteiger partial charge in [-0.15, -0.1) is 0 Å². The number of nitrogens with zero attached hydrogens (tertiary/aromatic N) is 3. The van der Waals surface area contributed by atoms with E-state index in [0.29, 0.717) is 17.7 Å². The summed E-state index contributed by atoms with van der Waals surface area (Å²) in [6, 6.07) is 0. The van der Waals surface area contributed by atoms with Crippen molar-refractivity contribution in [1.82, 2.24) is 9.78 Å². The molecule has 0 spiro atoms. The van der Waals surface area contributed by atoms with Crippen molar-refractivity contribution in [2.75, 3.05) is 0 Å². The predicted molar refractivity (Wildman–Crippen MR) is 37.8 cm³/mol. The number of rotatable bonds is 2. The van der Waals surface area contributed by atoms with Gasteiger partial charge in [-0.05, 0) is 6.72 Å². The van der Waals surface area contributed by atoms with Gasteiger partial charge in [0.15, 0.2) is 12.1 Å². The average molecular weight is 137 g/mol. The minimum Gasteiger partial charge on any atom is -0.298 e. The van der Waals surface area contributed by atoms with Crippen LogP contribution < -0.4 is 0 Å². The molecular formula is C6H7N3O. The highest BCUT2D eigenvalue weighted by Gasteiger charge is 2.02. The summed E-state index contributed by atoms with van der Waals surface area (Å²) < 4.78 is 1.50. The van der Waals surface area contributed by atoms with Crippen molar-refractivity contribution in [3.63, 3.8) is 0 Å². The Morgan fingerprint density at radius 1 is 1.90 bits per heavy atom. The van der Waals surface area contributed by atoms with Crippen molar-refractivity contribution in [2.24, 2.45) is 12.0 Å². The van der Waals surface area contributed by atoms with E-state index in [-0.39, 0.29) is 0 Å². The first-order valence-electron chi connectivity index (χ1n) is 2.73. The molecule has 0 bridgehead atoms. The molecular weight excluding hydrogens is 130 g/mol. The molecule has 52 valence electrons. The summed E-state index contributed by atoms with van der Waals surface area (Å²) in [4.78, 5) is 13.9. The third-order valence-corrected chi connectivity index (χ3v) is 1.21. The first-order valence-corrected chi connectivity index (χ1v) is 2.73. The van der Waals surface area contributed by atoms with Gasteiger partial charge in [-0.1, -0.05) is 0 Å². The summed E-state index contributed by atoms with van der Waals surface area (Å²) in [6.07, 6.45) is 2.16. The van der Waals surface area contributed by atoms with Crippen molar-refractivity contribution >= 4 is 18.8 Å². The van der Waals surface area contributed by atoms with Gasteiger partial charge in [0.1, 0.15) is 0 Å². The van der Waals surface area contributed by atoms with E-state index in [2.05, 4.69) is 16.8 Å². The smallest absolute Gasteiger partial charge is 0.160 e. The van der Waals surface area contributed by atoms with Crippen LogP contribution in [0.3, 0.4) is 0 Å². The normalized spacial score (nSPS) is 9.30. The molecule has 1 rings (SSSR count). The summed E-state index contributed by atoms with van der Waals surface area (Å²) in [5.74, 6) is 0.509. The highest BCUT2D eigenvalue weighted by Crippen LogP contribution is 2.13.